The van der Waals surface area contributed by atoms with E-state index in [2.05, 4.69) is 10.0 Å². The number of carbonyl (C=O) groups excluding carboxylic acids is 1. The largest absolute Gasteiger partial charge is 0.322 e. The first kappa shape index (κ1) is 20.6. The summed E-state index contributed by atoms with van der Waals surface area (Å²) in [6.45, 7) is 7.57. The van der Waals surface area contributed by atoms with Crippen LogP contribution in [0.2, 0.25) is 0 Å². The van der Waals surface area contributed by atoms with Crippen molar-refractivity contribution >= 4 is 27.3 Å². The lowest BCUT2D eigenvalue weighted by molar-refractivity contribution is 0.102. The van der Waals surface area contributed by atoms with Crippen LogP contribution in [0.1, 0.15) is 32.6 Å². The van der Waals surface area contributed by atoms with Crippen LogP contribution in [0.3, 0.4) is 0 Å². The number of hydrogen-bond donors (Lipinski definition) is 2. The molecular formula is C23H24N2O3S. The van der Waals surface area contributed by atoms with Gasteiger partial charge in [-0.1, -0.05) is 35.9 Å². The molecule has 0 aliphatic heterocycles. The molecule has 0 fully saturated rings. The quantitative estimate of drug-likeness (QED) is 0.626. The molecule has 3 rings (SSSR count). The zero-order chi connectivity index (χ0) is 21.2. The maximum Gasteiger partial charge on any atom is 0.261 e. The second kappa shape index (κ2) is 8.09. The van der Waals surface area contributed by atoms with Crippen molar-refractivity contribution in [2.75, 3.05) is 10.0 Å². The van der Waals surface area contributed by atoms with E-state index >= 15 is 0 Å². The van der Waals surface area contributed by atoms with E-state index in [9.17, 15) is 13.2 Å². The predicted molar refractivity (Wildman–Crippen MR) is 117 cm³/mol. The van der Waals surface area contributed by atoms with Crippen molar-refractivity contribution in [2.45, 2.75) is 32.6 Å². The molecule has 0 aliphatic rings. The minimum atomic E-state index is -3.75. The Balaban J connectivity index is 1.87. The van der Waals surface area contributed by atoms with Crippen LogP contribution in [0, 0.1) is 27.7 Å². The third-order valence-corrected chi connectivity index (χ3v) is 6.10. The average molecular weight is 409 g/mol. The maximum absolute atomic E-state index is 12.7. The molecule has 29 heavy (non-hydrogen) atoms. The zero-order valence-electron chi connectivity index (χ0n) is 16.9. The van der Waals surface area contributed by atoms with Crippen molar-refractivity contribution in [3.8, 4) is 0 Å². The molecular weight excluding hydrogens is 384 g/mol. The van der Waals surface area contributed by atoms with E-state index in [1.54, 1.807) is 49.4 Å². The predicted octanol–water partition coefficient (Wildman–Crippen LogP) is 4.97. The van der Waals surface area contributed by atoms with Gasteiger partial charge in [0.05, 0.1) is 10.6 Å². The number of carbonyl (C=O) groups is 1. The highest BCUT2D eigenvalue weighted by Crippen LogP contribution is 2.23. The zero-order valence-corrected chi connectivity index (χ0v) is 17.7. The van der Waals surface area contributed by atoms with E-state index in [1.165, 1.54) is 0 Å². The molecule has 150 valence electrons. The monoisotopic (exact) mass is 408 g/mol. The van der Waals surface area contributed by atoms with E-state index in [4.69, 9.17) is 0 Å². The molecule has 6 heteroatoms. The summed E-state index contributed by atoms with van der Waals surface area (Å²) >= 11 is 0. The normalized spacial score (nSPS) is 11.2. The summed E-state index contributed by atoms with van der Waals surface area (Å²) in [6.07, 6.45) is 0. The molecule has 0 atom stereocenters. The van der Waals surface area contributed by atoms with Gasteiger partial charge in [-0.2, -0.15) is 0 Å². The third kappa shape index (κ3) is 4.84. The SMILES string of the molecule is Cc1ccc(S(=O)(=O)Nc2cc(C(=O)Nc3cc(C)ccc3C)ccc2C)cc1. The highest BCUT2D eigenvalue weighted by Gasteiger charge is 2.17. The van der Waals surface area contributed by atoms with Gasteiger partial charge in [0.15, 0.2) is 0 Å². The van der Waals surface area contributed by atoms with Gasteiger partial charge in [-0.15, -0.1) is 0 Å². The number of rotatable bonds is 5. The minimum Gasteiger partial charge on any atom is -0.322 e. The number of aryl methyl sites for hydroxylation is 4. The standard InChI is InChI=1S/C23H24N2O3S/c1-15-6-11-20(12-7-15)29(27,28)25-22-14-19(10-9-18(22)4)23(26)24-21-13-16(2)5-8-17(21)3/h5-14,25H,1-4H3,(H,24,26). The summed E-state index contributed by atoms with van der Waals surface area (Å²) in [4.78, 5) is 12.9. The van der Waals surface area contributed by atoms with Crippen molar-refractivity contribution in [3.05, 3.63) is 88.5 Å². The lowest BCUT2D eigenvalue weighted by atomic mass is 10.1. The molecule has 0 heterocycles. The molecule has 0 spiro atoms. The van der Waals surface area contributed by atoms with Gasteiger partial charge in [0.1, 0.15) is 0 Å². The van der Waals surface area contributed by atoms with Crippen LogP contribution in [0.15, 0.2) is 65.6 Å². The molecule has 0 radical (unpaired) electrons. The molecule has 0 saturated carbocycles. The van der Waals surface area contributed by atoms with Crippen LogP contribution < -0.4 is 10.0 Å². The summed E-state index contributed by atoms with van der Waals surface area (Å²) in [6, 6.07) is 17.4. The van der Waals surface area contributed by atoms with E-state index in [1.807, 2.05) is 39.0 Å². The lowest BCUT2D eigenvalue weighted by Crippen LogP contribution is -2.16. The highest BCUT2D eigenvalue weighted by atomic mass is 32.2. The third-order valence-electron chi connectivity index (χ3n) is 4.72. The van der Waals surface area contributed by atoms with Gasteiger partial charge >= 0.3 is 0 Å². The molecule has 1 amide bonds. The first-order valence-corrected chi connectivity index (χ1v) is 10.7. The van der Waals surface area contributed by atoms with Crippen LogP contribution in [0.4, 0.5) is 11.4 Å². The lowest BCUT2D eigenvalue weighted by Gasteiger charge is -2.13. The van der Waals surface area contributed by atoms with E-state index < -0.39 is 10.0 Å². The van der Waals surface area contributed by atoms with Gasteiger partial charge in [0, 0.05) is 11.3 Å². The van der Waals surface area contributed by atoms with Crippen molar-refractivity contribution < 1.29 is 13.2 Å². The van der Waals surface area contributed by atoms with Crippen LogP contribution >= 0.6 is 0 Å². The fourth-order valence-corrected chi connectivity index (χ4v) is 3.98. The fraction of sp³-hybridized carbons (Fsp3) is 0.174. The number of anilines is 2. The number of nitrogens with one attached hydrogen (secondary N) is 2. The van der Waals surface area contributed by atoms with Crippen LogP contribution in [0.5, 0.6) is 0 Å². The van der Waals surface area contributed by atoms with Gasteiger partial charge in [0.25, 0.3) is 15.9 Å². The number of hydrogen-bond acceptors (Lipinski definition) is 3. The first-order valence-electron chi connectivity index (χ1n) is 9.24. The number of sulfonamides is 1. The first-order chi connectivity index (χ1) is 13.7. The van der Waals surface area contributed by atoms with Crippen molar-refractivity contribution in [1.29, 1.82) is 0 Å². The Labute approximate surface area is 171 Å². The van der Waals surface area contributed by atoms with Crippen molar-refractivity contribution in [1.82, 2.24) is 0 Å². The van der Waals surface area contributed by atoms with E-state index in [-0.39, 0.29) is 10.8 Å². The Morgan fingerprint density at radius 2 is 1.31 bits per heavy atom. The number of benzene rings is 3. The van der Waals surface area contributed by atoms with Crippen molar-refractivity contribution in [3.63, 3.8) is 0 Å². The summed E-state index contributed by atoms with van der Waals surface area (Å²) in [5.74, 6) is -0.297. The molecule has 0 saturated heterocycles. The summed E-state index contributed by atoms with van der Waals surface area (Å²) in [5, 5.41) is 2.90. The second-order valence-corrected chi connectivity index (χ2v) is 8.90. The van der Waals surface area contributed by atoms with Crippen LogP contribution in [0.25, 0.3) is 0 Å². The Bertz CT molecular complexity index is 1170. The van der Waals surface area contributed by atoms with E-state index in [0.717, 1.165) is 27.9 Å². The maximum atomic E-state index is 12.7. The molecule has 3 aromatic carbocycles. The molecule has 0 unspecified atom stereocenters. The minimum absolute atomic E-state index is 0.174. The number of amides is 1. The Kier molecular flexibility index (Phi) is 5.75. The van der Waals surface area contributed by atoms with Crippen LogP contribution in [-0.4, -0.2) is 14.3 Å². The molecule has 2 N–H and O–H groups in total. The smallest absolute Gasteiger partial charge is 0.261 e. The van der Waals surface area contributed by atoms with E-state index in [0.29, 0.717) is 11.3 Å². The molecule has 0 aromatic heterocycles. The van der Waals surface area contributed by atoms with Gasteiger partial charge in [-0.25, -0.2) is 8.42 Å². The van der Waals surface area contributed by atoms with Gasteiger partial charge in [0.2, 0.25) is 0 Å². The van der Waals surface area contributed by atoms with Gasteiger partial charge < -0.3 is 5.32 Å². The Morgan fingerprint density at radius 1 is 0.724 bits per heavy atom. The second-order valence-electron chi connectivity index (χ2n) is 7.22. The Morgan fingerprint density at radius 3 is 2.00 bits per heavy atom. The highest BCUT2D eigenvalue weighted by molar-refractivity contribution is 7.92. The van der Waals surface area contributed by atoms with Gasteiger partial charge in [-0.05, 0) is 74.7 Å². The molecule has 0 aliphatic carbocycles. The Hall–Kier alpha value is -3.12. The van der Waals surface area contributed by atoms with Crippen LogP contribution in [-0.2, 0) is 10.0 Å². The topological polar surface area (TPSA) is 75.3 Å². The average Bonchev–Trinajstić information content (AvgIpc) is 2.66. The molecule has 3 aromatic rings. The summed E-state index contributed by atoms with van der Waals surface area (Å²) in [7, 11) is -3.75. The van der Waals surface area contributed by atoms with Gasteiger partial charge in [-0.3, -0.25) is 9.52 Å². The molecule has 0 bridgehead atoms. The fourth-order valence-electron chi connectivity index (χ4n) is 2.86. The summed E-state index contributed by atoms with van der Waals surface area (Å²) in [5.41, 5.74) is 5.18. The molecule has 5 nitrogen and oxygen atoms in total. The van der Waals surface area contributed by atoms with Crippen molar-refractivity contribution in [2.24, 2.45) is 0 Å². The summed E-state index contributed by atoms with van der Waals surface area (Å²) < 4.78 is 28.0.